The predicted octanol–water partition coefficient (Wildman–Crippen LogP) is -2.15. The molecule has 2 aliphatic heterocycles. The average molecular weight is 241 g/mol. The smallest absolute Gasteiger partial charge is 0.246 e. The van der Waals surface area contributed by atoms with Crippen LogP contribution in [-0.4, -0.2) is 61.5 Å². The molecule has 94 valence electrons. The first-order valence-corrected chi connectivity index (χ1v) is 5.58. The molecule has 2 saturated heterocycles. The summed E-state index contributed by atoms with van der Waals surface area (Å²) >= 11 is 0. The van der Waals surface area contributed by atoms with Crippen LogP contribution in [-0.2, 0) is 19.1 Å². The van der Waals surface area contributed by atoms with Gasteiger partial charge in [0.25, 0.3) is 0 Å². The number of piperazine rings is 1. The maximum absolute atomic E-state index is 11.8. The summed E-state index contributed by atoms with van der Waals surface area (Å²) in [5, 5.41) is 5.27. The Morgan fingerprint density at radius 1 is 1.35 bits per heavy atom. The van der Waals surface area contributed by atoms with Crippen molar-refractivity contribution >= 4 is 17.7 Å². The summed E-state index contributed by atoms with van der Waals surface area (Å²) in [4.78, 5) is 35.3. The highest BCUT2D eigenvalue weighted by atomic mass is 16.5. The minimum absolute atomic E-state index is 0.0509. The van der Waals surface area contributed by atoms with Gasteiger partial charge in [0.1, 0.15) is 13.1 Å². The molecule has 2 N–H and O–H groups in total. The minimum Gasteiger partial charge on any atom is -0.375 e. The van der Waals surface area contributed by atoms with Crippen LogP contribution in [0, 0.1) is 0 Å². The number of rotatable bonds is 2. The summed E-state index contributed by atoms with van der Waals surface area (Å²) in [5.41, 5.74) is 0. The van der Waals surface area contributed by atoms with E-state index in [4.69, 9.17) is 4.74 Å². The molecule has 0 aliphatic carbocycles. The number of nitrogens with one attached hydrogen (secondary N) is 2. The van der Waals surface area contributed by atoms with Crippen molar-refractivity contribution in [1.29, 1.82) is 0 Å². The largest absolute Gasteiger partial charge is 0.375 e. The molecule has 17 heavy (non-hydrogen) atoms. The zero-order chi connectivity index (χ0) is 12.3. The number of hydrogen-bond donors (Lipinski definition) is 2. The molecule has 2 aliphatic rings. The normalized spacial score (nSPS) is 25.6. The van der Waals surface area contributed by atoms with Gasteiger partial charge in [-0.15, -0.1) is 0 Å². The van der Waals surface area contributed by atoms with Gasteiger partial charge in [0.15, 0.2) is 0 Å². The van der Waals surface area contributed by atoms with Crippen LogP contribution in [0.5, 0.6) is 0 Å². The van der Waals surface area contributed by atoms with Gasteiger partial charge in [-0.3, -0.25) is 19.7 Å². The van der Waals surface area contributed by atoms with Gasteiger partial charge in [0.2, 0.25) is 17.7 Å². The van der Waals surface area contributed by atoms with Gasteiger partial charge < -0.3 is 15.0 Å². The Hall–Kier alpha value is -1.47. The molecule has 0 aromatic heterocycles. The standard InChI is InChI=1S/C10H15N3O4/c14-8-5-13(6-9(15)12-8)10(16)3-7-4-11-1-2-17-7/h7,11H,1-6H2,(H,12,14,15). The number of carbonyl (C=O) groups is 3. The van der Waals surface area contributed by atoms with Crippen LogP contribution in [0.3, 0.4) is 0 Å². The van der Waals surface area contributed by atoms with E-state index in [1.807, 2.05) is 0 Å². The van der Waals surface area contributed by atoms with Crippen LogP contribution in [0.1, 0.15) is 6.42 Å². The van der Waals surface area contributed by atoms with E-state index < -0.39 is 11.8 Å². The summed E-state index contributed by atoms with van der Waals surface area (Å²) < 4.78 is 5.40. The van der Waals surface area contributed by atoms with Crippen molar-refractivity contribution < 1.29 is 19.1 Å². The third-order valence-corrected chi connectivity index (χ3v) is 2.71. The summed E-state index contributed by atoms with van der Waals surface area (Å²) in [6.45, 7) is 1.89. The summed E-state index contributed by atoms with van der Waals surface area (Å²) in [6, 6.07) is 0. The second-order valence-corrected chi connectivity index (χ2v) is 4.12. The molecule has 0 spiro atoms. The van der Waals surface area contributed by atoms with Crippen LogP contribution in [0.4, 0.5) is 0 Å². The molecule has 0 aromatic rings. The van der Waals surface area contributed by atoms with Crippen molar-refractivity contribution in [3.05, 3.63) is 0 Å². The molecule has 0 bridgehead atoms. The topological polar surface area (TPSA) is 87.7 Å². The molecule has 2 heterocycles. The maximum Gasteiger partial charge on any atom is 0.246 e. The highest BCUT2D eigenvalue weighted by molar-refractivity contribution is 6.02. The van der Waals surface area contributed by atoms with E-state index in [0.717, 1.165) is 6.54 Å². The molecule has 0 aromatic carbocycles. The Bertz CT molecular complexity index is 322. The monoisotopic (exact) mass is 241 g/mol. The first-order valence-electron chi connectivity index (χ1n) is 5.58. The summed E-state index contributed by atoms with van der Waals surface area (Å²) in [7, 11) is 0. The number of nitrogens with zero attached hydrogens (tertiary/aromatic N) is 1. The third kappa shape index (κ3) is 3.24. The minimum atomic E-state index is -0.433. The molecule has 2 rings (SSSR count). The molecule has 0 radical (unpaired) electrons. The lowest BCUT2D eigenvalue weighted by molar-refractivity contribution is -0.147. The van der Waals surface area contributed by atoms with Crippen molar-refractivity contribution in [3.63, 3.8) is 0 Å². The number of hydrogen-bond acceptors (Lipinski definition) is 5. The first-order chi connectivity index (χ1) is 8.15. The fourth-order valence-corrected chi connectivity index (χ4v) is 1.89. The lowest BCUT2D eigenvalue weighted by atomic mass is 10.2. The Labute approximate surface area is 98.5 Å². The van der Waals surface area contributed by atoms with Gasteiger partial charge in [-0.1, -0.05) is 0 Å². The van der Waals surface area contributed by atoms with Gasteiger partial charge in [-0.2, -0.15) is 0 Å². The van der Waals surface area contributed by atoms with Gasteiger partial charge in [-0.25, -0.2) is 0 Å². The third-order valence-electron chi connectivity index (χ3n) is 2.71. The average Bonchev–Trinajstić information content (AvgIpc) is 2.29. The number of amides is 3. The number of ether oxygens (including phenoxy) is 1. The van der Waals surface area contributed by atoms with E-state index in [9.17, 15) is 14.4 Å². The van der Waals surface area contributed by atoms with Gasteiger partial charge >= 0.3 is 0 Å². The lowest BCUT2D eigenvalue weighted by Gasteiger charge is -2.28. The van der Waals surface area contributed by atoms with Crippen LogP contribution in [0.25, 0.3) is 0 Å². The zero-order valence-electron chi connectivity index (χ0n) is 9.40. The fraction of sp³-hybridized carbons (Fsp3) is 0.700. The molecular weight excluding hydrogens is 226 g/mol. The quantitative estimate of drug-likeness (QED) is 0.538. The number of morpholine rings is 1. The Balaban J connectivity index is 1.86. The van der Waals surface area contributed by atoms with Crippen molar-refractivity contribution in [2.45, 2.75) is 12.5 Å². The molecule has 3 amide bonds. The second kappa shape index (κ2) is 5.24. The predicted molar refractivity (Wildman–Crippen MR) is 57.0 cm³/mol. The van der Waals surface area contributed by atoms with Crippen molar-refractivity contribution in [1.82, 2.24) is 15.5 Å². The second-order valence-electron chi connectivity index (χ2n) is 4.12. The highest BCUT2D eigenvalue weighted by Gasteiger charge is 2.28. The van der Waals surface area contributed by atoms with Crippen LogP contribution in [0.15, 0.2) is 0 Å². The fourth-order valence-electron chi connectivity index (χ4n) is 1.89. The molecular formula is C10H15N3O4. The van der Waals surface area contributed by atoms with E-state index >= 15 is 0 Å². The van der Waals surface area contributed by atoms with Crippen LogP contribution >= 0.6 is 0 Å². The molecule has 1 unspecified atom stereocenters. The van der Waals surface area contributed by atoms with Crippen molar-refractivity contribution in [3.8, 4) is 0 Å². The number of imide groups is 1. The van der Waals surface area contributed by atoms with Gasteiger partial charge in [0.05, 0.1) is 19.1 Å². The van der Waals surface area contributed by atoms with Crippen molar-refractivity contribution in [2.24, 2.45) is 0 Å². The molecule has 0 saturated carbocycles. The SMILES string of the molecule is O=C1CN(C(=O)CC2CNCCO2)CC(=O)N1. The Morgan fingerprint density at radius 3 is 2.65 bits per heavy atom. The number of carbonyl (C=O) groups excluding carboxylic acids is 3. The van der Waals surface area contributed by atoms with E-state index in [0.29, 0.717) is 13.2 Å². The first kappa shape index (κ1) is 12.0. The highest BCUT2D eigenvalue weighted by Crippen LogP contribution is 2.06. The van der Waals surface area contributed by atoms with E-state index in [2.05, 4.69) is 10.6 Å². The van der Waals surface area contributed by atoms with Gasteiger partial charge in [-0.05, 0) is 0 Å². The van der Waals surface area contributed by atoms with Gasteiger partial charge in [0, 0.05) is 13.1 Å². The summed E-state index contributed by atoms with van der Waals surface area (Å²) in [5.74, 6) is -1.09. The van der Waals surface area contributed by atoms with E-state index in [-0.39, 0.29) is 31.5 Å². The maximum atomic E-state index is 11.8. The van der Waals surface area contributed by atoms with Crippen LogP contribution in [0.2, 0.25) is 0 Å². The van der Waals surface area contributed by atoms with Crippen LogP contribution < -0.4 is 10.6 Å². The molecule has 1 atom stereocenters. The Morgan fingerprint density at radius 2 is 2.06 bits per heavy atom. The van der Waals surface area contributed by atoms with E-state index in [1.165, 1.54) is 4.90 Å². The van der Waals surface area contributed by atoms with E-state index in [1.54, 1.807) is 0 Å². The Kier molecular flexibility index (Phi) is 3.70. The molecule has 7 nitrogen and oxygen atoms in total. The summed E-state index contributed by atoms with van der Waals surface area (Å²) in [6.07, 6.45) is 0.0319. The zero-order valence-corrected chi connectivity index (χ0v) is 9.40. The lowest BCUT2D eigenvalue weighted by Crippen LogP contribution is -2.54. The molecule has 7 heteroatoms. The molecule has 2 fully saturated rings. The van der Waals surface area contributed by atoms with Crippen molar-refractivity contribution in [2.75, 3.05) is 32.8 Å².